The zero-order valence-corrected chi connectivity index (χ0v) is 8.41. The Morgan fingerprint density at radius 3 is 2.85 bits per heavy atom. The van der Waals surface area contributed by atoms with Crippen molar-refractivity contribution in [1.82, 2.24) is 4.98 Å². The van der Waals surface area contributed by atoms with Crippen LogP contribution in [0.15, 0.2) is 27.9 Å². The number of isocyanates is 1. The third kappa shape index (κ3) is 1.55. The summed E-state index contributed by atoms with van der Waals surface area (Å²) in [6, 6.07) is 1.95. The largest absolute Gasteiger partial charge is 0.263 e. The number of nitrogens with zero attached hydrogens (tertiary/aromatic N) is 2. The molecule has 0 unspecified atom stereocenters. The highest BCUT2D eigenvalue weighted by molar-refractivity contribution is 9.10. The van der Waals surface area contributed by atoms with E-state index in [0.717, 1.165) is 22.9 Å². The van der Waals surface area contributed by atoms with E-state index in [-0.39, 0.29) is 5.54 Å². The summed E-state index contributed by atoms with van der Waals surface area (Å²) in [6.07, 6.45) is 6.92. The molecule has 0 aliphatic heterocycles. The predicted octanol–water partition coefficient (Wildman–Crippen LogP) is 2.17. The third-order valence-electron chi connectivity index (χ3n) is 2.23. The highest BCUT2D eigenvalue weighted by Gasteiger charge is 2.45. The summed E-state index contributed by atoms with van der Waals surface area (Å²) in [4.78, 5) is 18.0. The van der Waals surface area contributed by atoms with E-state index in [1.807, 2.05) is 6.07 Å². The Morgan fingerprint density at radius 1 is 1.54 bits per heavy atom. The van der Waals surface area contributed by atoms with Crippen LogP contribution in [0, 0.1) is 0 Å². The molecule has 0 spiro atoms. The van der Waals surface area contributed by atoms with Gasteiger partial charge in [-0.2, -0.15) is 4.99 Å². The second kappa shape index (κ2) is 3.05. The van der Waals surface area contributed by atoms with Gasteiger partial charge in [-0.15, -0.1) is 0 Å². The summed E-state index contributed by atoms with van der Waals surface area (Å²) in [5.41, 5.74) is 0.684. The van der Waals surface area contributed by atoms with Crippen LogP contribution in [0.25, 0.3) is 0 Å². The fraction of sp³-hybridized carbons (Fsp3) is 0.333. The lowest BCUT2D eigenvalue weighted by Crippen LogP contribution is -2.02. The van der Waals surface area contributed by atoms with E-state index in [1.54, 1.807) is 18.5 Å². The third-order valence-corrected chi connectivity index (χ3v) is 2.66. The van der Waals surface area contributed by atoms with Crippen molar-refractivity contribution in [2.75, 3.05) is 0 Å². The van der Waals surface area contributed by atoms with Crippen LogP contribution in [0.2, 0.25) is 0 Å². The molecule has 2 rings (SSSR count). The minimum absolute atomic E-state index is 0.307. The van der Waals surface area contributed by atoms with Gasteiger partial charge >= 0.3 is 0 Å². The molecule has 4 heteroatoms. The van der Waals surface area contributed by atoms with Crippen molar-refractivity contribution in [3.63, 3.8) is 0 Å². The first-order chi connectivity index (χ1) is 6.27. The number of halogens is 1. The predicted molar refractivity (Wildman–Crippen MR) is 51.0 cm³/mol. The molecule has 1 heterocycles. The zero-order valence-electron chi connectivity index (χ0n) is 6.83. The molecule has 1 fully saturated rings. The van der Waals surface area contributed by atoms with Gasteiger partial charge in [-0.05, 0) is 40.4 Å². The van der Waals surface area contributed by atoms with Crippen LogP contribution in [0.3, 0.4) is 0 Å². The first-order valence-corrected chi connectivity index (χ1v) is 4.76. The zero-order chi connectivity index (χ0) is 9.31. The fourth-order valence-electron chi connectivity index (χ4n) is 1.34. The summed E-state index contributed by atoms with van der Waals surface area (Å²) in [5.74, 6) is 0. The number of aliphatic imine (C=N–C) groups is 1. The van der Waals surface area contributed by atoms with Gasteiger partial charge in [0.1, 0.15) is 0 Å². The molecular formula is C9H7BrN2O. The van der Waals surface area contributed by atoms with E-state index in [4.69, 9.17) is 0 Å². The molecule has 66 valence electrons. The van der Waals surface area contributed by atoms with Gasteiger partial charge in [0.05, 0.1) is 5.54 Å². The van der Waals surface area contributed by atoms with Crippen LogP contribution in [0.5, 0.6) is 0 Å². The van der Waals surface area contributed by atoms with E-state index >= 15 is 0 Å². The normalized spacial score (nSPS) is 17.6. The highest BCUT2D eigenvalue weighted by Crippen LogP contribution is 2.49. The van der Waals surface area contributed by atoms with E-state index < -0.39 is 0 Å². The standard InChI is InChI=1S/C9H7BrN2O/c10-8-3-7(4-11-5-8)9(1-2-9)12-6-13/h3-5H,1-2H2. The molecule has 0 radical (unpaired) electrons. The maximum atomic E-state index is 10.2. The molecule has 0 N–H and O–H groups in total. The molecule has 1 aromatic heterocycles. The van der Waals surface area contributed by atoms with Crippen molar-refractivity contribution in [2.24, 2.45) is 4.99 Å². The number of carbonyl (C=O) groups excluding carboxylic acids is 1. The average Bonchev–Trinajstić information content (AvgIpc) is 2.86. The Balaban J connectivity index is 2.40. The number of hydrogen-bond donors (Lipinski definition) is 0. The molecule has 0 aromatic carbocycles. The number of pyridine rings is 1. The number of rotatable bonds is 2. The van der Waals surface area contributed by atoms with Gasteiger partial charge in [-0.25, -0.2) is 4.79 Å². The SMILES string of the molecule is O=C=NC1(c2cncc(Br)c2)CC1. The van der Waals surface area contributed by atoms with Crippen LogP contribution in [0.4, 0.5) is 0 Å². The van der Waals surface area contributed by atoms with E-state index in [0.29, 0.717) is 0 Å². The molecule has 13 heavy (non-hydrogen) atoms. The first kappa shape index (κ1) is 8.60. The second-order valence-corrected chi connectivity index (χ2v) is 4.04. The molecule has 1 saturated carbocycles. The molecule has 1 aliphatic rings. The van der Waals surface area contributed by atoms with Crippen molar-refractivity contribution in [2.45, 2.75) is 18.4 Å². The van der Waals surface area contributed by atoms with Gasteiger partial charge in [0.2, 0.25) is 6.08 Å². The molecule has 3 nitrogen and oxygen atoms in total. The Labute approximate surface area is 84.0 Å². The molecule has 1 aliphatic carbocycles. The average molecular weight is 239 g/mol. The molecule has 0 bridgehead atoms. The number of aromatic nitrogens is 1. The van der Waals surface area contributed by atoms with Crippen molar-refractivity contribution in [3.05, 3.63) is 28.5 Å². The number of hydrogen-bond acceptors (Lipinski definition) is 3. The van der Waals surface area contributed by atoms with Gasteiger partial charge in [0.15, 0.2) is 0 Å². The van der Waals surface area contributed by atoms with Crippen LogP contribution >= 0.6 is 15.9 Å². The minimum Gasteiger partial charge on any atom is -0.263 e. The van der Waals surface area contributed by atoms with Gasteiger partial charge in [0.25, 0.3) is 0 Å². The van der Waals surface area contributed by atoms with Crippen molar-refractivity contribution < 1.29 is 4.79 Å². The van der Waals surface area contributed by atoms with E-state index in [9.17, 15) is 4.79 Å². The monoisotopic (exact) mass is 238 g/mol. The summed E-state index contributed by atoms with van der Waals surface area (Å²) >= 11 is 3.33. The summed E-state index contributed by atoms with van der Waals surface area (Å²) < 4.78 is 0.914. The van der Waals surface area contributed by atoms with Gasteiger partial charge in [0, 0.05) is 16.9 Å². The Hall–Kier alpha value is -0.990. The molecule has 0 amide bonds. The maximum absolute atomic E-state index is 10.2. The Morgan fingerprint density at radius 2 is 2.31 bits per heavy atom. The topological polar surface area (TPSA) is 42.3 Å². The molecular weight excluding hydrogens is 232 g/mol. The van der Waals surface area contributed by atoms with Crippen molar-refractivity contribution in [3.8, 4) is 0 Å². The summed E-state index contributed by atoms with van der Waals surface area (Å²) in [7, 11) is 0. The Kier molecular flexibility index (Phi) is 2.02. The maximum Gasteiger partial charge on any atom is 0.235 e. The van der Waals surface area contributed by atoms with Crippen LogP contribution < -0.4 is 0 Å². The fourth-order valence-corrected chi connectivity index (χ4v) is 1.70. The quantitative estimate of drug-likeness (QED) is 0.586. The van der Waals surface area contributed by atoms with Gasteiger partial charge in [-0.3, -0.25) is 4.98 Å². The smallest absolute Gasteiger partial charge is 0.235 e. The lowest BCUT2D eigenvalue weighted by Gasteiger charge is -2.06. The lowest BCUT2D eigenvalue weighted by molar-refractivity contribution is 0.556. The van der Waals surface area contributed by atoms with E-state index in [1.165, 1.54) is 0 Å². The summed E-state index contributed by atoms with van der Waals surface area (Å²) in [5, 5.41) is 0. The Bertz CT molecular complexity index is 381. The first-order valence-electron chi connectivity index (χ1n) is 3.97. The van der Waals surface area contributed by atoms with Crippen molar-refractivity contribution >= 4 is 22.0 Å². The van der Waals surface area contributed by atoms with E-state index in [2.05, 4.69) is 25.9 Å². The van der Waals surface area contributed by atoms with Crippen LogP contribution in [0.1, 0.15) is 18.4 Å². The lowest BCUT2D eigenvalue weighted by atomic mass is 10.1. The van der Waals surface area contributed by atoms with Crippen molar-refractivity contribution in [1.29, 1.82) is 0 Å². The molecule has 0 saturated heterocycles. The van der Waals surface area contributed by atoms with Gasteiger partial charge in [-0.1, -0.05) is 0 Å². The summed E-state index contributed by atoms with van der Waals surface area (Å²) in [6.45, 7) is 0. The van der Waals surface area contributed by atoms with Crippen LogP contribution in [-0.4, -0.2) is 11.1 Å². The second-order valence-electron chi connectivity index (χ2n) is 3.13. The molecule has 1 aromatic rings. The van der Waals surface area contributed by atoms with Gasteiger partial charge < -0.3 is 0 Å². The van der Waals surface area contributed by atoms with Crippen LogP contribution in [-0.2, 0) is 10.3 Å². The highest BCUT2D eigenvalue weighted by atomic mass is 79.9. The minimum atomic E-state index is -0.307. The molecule has 0 atom stereocenters.